The van der Waals surface area contributed by atoms with Crippen LogP contribution in [0.4, 0.5) is 0 Å². The van der Waals surface area contributed by atoms with Crippen LogP contribution in [0.3, 0.4) is 0 Å². The molecule has 2 aromatic rings. The molecule has 128 valence electrons. The van der Waals surface area contributed by atoms with E-state index < -0.39 is 0 Å². The lowest BCUT2D eigenvalue weighted by molar-refractivity contribution is -0.122. The largest absolute Gasteiger partial charge is 0.353 e. The fourth-order valence-electron chi connectivity index (χ4n) is 3.37. The fourth-order valence-corrected chi connectivity index (χ4v) is 4.07. The van der Waals surface area contributed by atoms with E-state index in [1.54, 1.807) is 11.3 Å². The number of carbonyl (C=O) groups is 1. The monoisotopic (exact) mass is 342 g/mol. The van der Waals surface area contributed by atoms with Crippen molar-refractivity contribution in [2.24, 2.45) is 0 Å². The number of likely N-dealkylation sites (tertiary alicyclic amines) is 1. The van der Waals surface area contributed by atoms with Crippen molar-refractivity contribution in [1.82, 2.24) is 10.2 Å². The summed E-state index contributed by atoms with van der Waals surface area (Å²) in [6.45, 7) is 4.37. The Hall–Kier alpha value is -1.65. The van der Waals surface area contributed by atoms with Gasteiger partial charge in [-0.15, -0.1) is 0 Å². The smallest absolute Gasteiger partial charge is 0.220 e. The number of nitrogens with one attached hydrogen (secondary N) is 1. The maximum absolute atomic E-state index is 12.1. The first kappa shape index (κ1) is 17.2. The van der Waals surface area contributed by atoms with Gasteiger partial charge in [0, 0.05) is 31.6 Å². The maximum Gasteiger partial charge on any atom is 0.220 e. The third-order valence-electron chi connectivity index (χ3n) is 4.95. The first-order chi connectivity index (χ1) is 11.7. The number of nitrogens with zero attached hydrogens (tertiary/aromatic N) is 1. The summed E-state index contributed by atoms with van der Waals surface area (Å²) in [6.07, 6.45) is 3.53. The minimum absolute atomic E-state index is 0.191. The van der Waals surface area contributed by atoms with Crippen LogP contribution in [-0.4, -0.2) is 29.9 Å². The average molecular weight is 343 g/mol. The number of thiophene rings is 1. The van der Waals surface area contributed by atoms with Crippen molar-refractivity contribution in [1.29, 1.82) is 0 Å². The van der Waals surface area contributed by atoms with E-state index in [-0.39, 0.29) is 5.91 Å². The molecular weight excluding hydrogens is 316 g/mol. The van der Waals surface area contributed by atoms with Gasteiger partial charge in [-0.05, 0) is 54.1 Å². The number of rotatable bonds is 6. The maximum atomic E-state index is 12.1. The van der Waals surface area contributed by atoms with Gasteiger partial charge in [-0.2, -0.15) is 11.3 Å². The third-order valence-corrected chi connectivity index (χ3v) is 5.68. The van der Waals surface area contributed by atoms with Crippen LogP contribution in [0.15, 0.2) is 47.2 Å². The molecule has 24 heavy (non-hydrogen) atoms. The Kier molecular flexibility index (Phi) is 6.05. The zero-order chi connectivity index (χ0) is 16.8. The van der Waals surface area contributed by atoms with Gasteiger partial charge in [0.2, 0.25) is 5.91 Å². The van der Waals surface area contributed by atoms with Gasteiger partial charge in [0.15, 0.2) is 0 Å². The van der Waals surface area contributed by atoms with Crippen LogP contribution >= 0.6 is 11.3 Å². The second kappa shape index (κ2) is 8.45. The van der Waals surface area contributed by atoms with E-state index in [0.717, 1.165) is 32.4 Å². The van der Waals surface area contributed by atoms with Crippen molar-refractivity contribution in [3.63, 3.8) is 0 Å². The van der Waals surface area contributed by atoms with Crippen LogP contribution in [0.1, 0.15) is 43.4 Å². The molecule has 1 N–H and O–H groups in total. The highest BCUT2D eigenvalue weighted by atomic mass is 32.1. The summed E-state index contributed by atoms with van der Waals surface area (Å²) in [6, 6.07) is 13.5. The van der Waals surface area contributed by atoms with Gasteiger partial charge in [-0.25, -0.2) is 0 Å². The number of piperidine rings is 1. The molecule has 4 heteroatoms. The molecule has 3 nitrogen and oxygen atoms in total. The molecule has 1 aromatic carbocycles. The van der Waals surface area contributed by atoms with Crippen LogP contribution in [0.5, 0.6) is 0 Å². The fraction of sp³-hybridized carbons (Fsp3) is 0.450. The van der Waals surface area contributed by atoms with Gasteiger partial charge >= 0.3 is 0 Å². The zero-order valence-electron chi connectivity index (χ0n) is 14.3. The minimum atomic E-state index is 0.191. The van der Waals surface area contributed by atoms with E-state index in [1.807, 2.05) is 0 Å². The summed E-state index contributed by atoms with van der Waals surface area (Å²) in [5, 5.41) is 7.41. The highest BCUT2D eigenvalue weighted by molar-refractivity contribution is 7.07. The number of carbonyl (C=O) groups excluding carboxylic acids is 1. The highest BCUT2D eigenvalue weighted by Gasteiger charge is 2.24. The van der Waals surface area contributed by atoms with Crippen molar-refractivity contribution >= 4 is 17.2 Å². The summed E-state index contributed by atoms with van der Waals surface area (Å²) in [4.78, 5) is 14.6. The Morgan fingerprint density at radius 1 is 1.25 bits per heavy atom. The molecule has 1 unspecified atom stereocenters. The molecule has 1 aliphatic rings. The van der Waals surface area contributed by atoms with Crippen molar-refractivity contribution in [3.05, 3.63) is 58.3 Å². The number of benzene rings is 1. The Balaban J connectivity index is 1.41. The predicted octanol–water partition coefficient (Wildman–Crippen LogP) is 4.02. The standard InChI is InChI=1S/C20H26N2OS/c1-16(18-5-3-2-4-6-18)22-12-9-19(10-13-22)21-20(23)8-7-17-11-14-24-15-17/h2-6,11,14-16,19H,7-10,12-13H2,1H3,(H,21,23). The molecule has 1 aromatic heterocycles. The van der Waals surface area contributed by atoms with Crippen molar-refractivity contribution in [3.8, 4) is 0 Å². The van der Waals surface area contributed by atoms with E-state index in [9.17, 15) is 4.79 Å². The highest BCUT2D eigenvalue weighted by Crippen LogP contribution is 2.24. The number of aryl methyl sites for hydroxylation is 1. The topological polar surface area (TPSA) is 32.3 Å². The predicted molar refractivity (Wildman–Crippen MR) is 100 cm³/mol. The molecule has 3 rings (SSSR count). The zero-order valence-corrected chi connectivity index (χ0v) is 15.1. The number of hydrogen-bond acceptors (Lipinski definition) is 3. The van der Waals surface area contributed by atoms with Crippen molar-refractivity contribution in [2.75, 3.05) is 13.1 Å². The molecule has 1 saturated heterocycles. The molecule has 0 aliphatic carbocycles. The molecule has 0 saturated carbocycles. The quantitative estimate of drug-likeness (QED) is 0.860. The Morgan fingerprint density at radius 3 is 2.67 bits per heavy atom. The average Bonchev–Trinajstić information content (AvgIpc) is 3.14. The number of amides is 1. The second-order valence-electron chi connectivity index (χ2n) is 6.60. The van der Waals surface area contributed by atoms with E-state index in [2.05, 4.69) is 64.3 Å². The lowest BCUT2D eigenvalue weighted by atomic mass is 10.00. The van der Waals surface area contributed by atoms with E-state index >= 15 is 0 Å². The van der Waals surface area contributed by atoms with Crippen LogP contribution in [0, 0.1) is 0 Å². The Morgan fingerprint density at radius 2 is 2.00 bits per heavy atom. The van der Waals surface area contributed by atoms with Gasteiger partial charge in [-0.3, -0.25) is 9.69 Å². The Bertz CT molecular complexity index is 618. The van der Waals surface area contributed by atoms with Crippen LogP contribution in [0.2, 0.25) is 0 Å². The molecule has 1 aliphatic heterocycles. The van der Waals surface area contributed by atoms with Crippen molar-refractivity contribution < 1.29 is 4.79 Å². The molecule has 1 atom stereocenters. The van der Waals surface area contributed by atoms with Gasteiger partial charge < -0.3 is 5.32 Å². The van der Waals surface area contributed by atoms with Crippen molar-refractivity contribution in [2.45, 2.75) is 44.7 Å². The summed E-state index contributed by atoms with van der Waals surface area (Å²) in [5.41, 5.74) is 2.64. The lowest BCUT2D eigenvalue weighted by Crippen LogP contribution is -2.45. The second-order valence-corrected chi connectivity index (χ2v) is 7.38. The first-order valence-electron chi connectivity index (χ1n) is 8.82. The molecule has 1 fully saturated rings. The number of hydrogen-bond donors (Lipinski definition) is 1. The molecule has 2 heterocycles. The minimum Gasteiger partial charge on any atom is -0.353 e. The third kappa shape index (κ3) is 4.68. The summed E-state index contributed by atoms with van der Waals surface area (Å²) < 4.78 is 0. The summed E-state index contributed by atoms with van der Waals surface area (Å²) >= 11 is 1.69. The Labute approximate surface area is 148 Å². The molecule has 0 spiro atoms. The van der Waals surface area contributed by atoms with Crippen LogP contribution in [-0.2, 0) is 11.2 Å². The van der Waals surface area contributed by atoms with E-state index in [1.165, 1.54) is 11.1 Å². The first-order valence-corrected chi connectivity index (χ1v) is 9.76. The van der Waals surface area contributed by atoms with Crippen LogP contribution < -0.4 is 5.32 Å². The van der Waals surface area contributed by atoms with Gasteiger partial charge in [0.25, 0.3) is 0 Å². The van der Waals surface area contributed by atoms with E-state index in [4.69, 9.17) is 0 Å². The molecule has 1 amide bonds. The molecule has 0 radical (unpaired) electrons. The lowest BCUT2D eigenvalue weighted by Gasteiger charge is -2.36. The van der Waals surface area contributed by atoms with Crippen LogP contribution in [0.25, 0.3) is 0 Å². The SMILES string of the molecule is CC(c1ccccc1)N1CCC(NC(=O)CCc2ccsc2)CC1. The molecular formula is C20H26N2OS. The van der Waals surface area contributed by atoms with Gasteiger partial charge in [0.1, 0.15) is 0 Å². The van der Waals surface area contributed by atoms with Gasteiger partial charge in [0.05, 0.1) is 0 Å². The summed E-state index contributed by atoms with van der Waals surface area (Å²) in [7, 11) is 0. The van der Waals surface area contributed by atoms with Gasteiger partial charge in [-0.1, -0.05) is 30.3 Å². The van der Waals surface area contributed by atoms with E-state index in [0.29, 0.717) is 18.5 Å². The summed E-state index contributed by atoms with van der Waals surface area (Å²) in [5.74, 6) is 0.191. The normalized spacial score (nSPS) is 17.5. The molecule has 0 bridgehead atoms.